The maximum absolute atomic E-state index is 11.7. The molecule has 82 valence electrons. The van der Waals surface area contributed by atoms with E-state index in [4.69, 9.17) is 0 Å². The molecule has 1 aromatic rings. The fourth-order valence-electron chi connectivity index (χ4n) is 2.29. The molecule has 0 spiro atoms. The molecule has 0 saturated heterocycles. The van der Waals surface area contributed by atoms with Crippen molar-refractivity contribution in [1.29, 1.82) is 0 Å². The van der Waals surface area contributed by atoms with Crippen molar-refractivity contribution < 1.29 is 0 Å². The number of nitrogens with zero attached hydrogens (tertiary/aromatic N) is 1. The summed E-state index contributed by atoms with van der Waals surface area (Å²) in [6.07, 6.45) is 4.43. The minimum absolute atomic E-state index is 0.159. The fraction of sp³-hybridized carbons (Fsp3) is 0.583. The van der Waals surface area contributed by atoms with Crippen LogP contribution in [0.5, 0.6) is 0 Å². The Labute approximate surface area is 90.1 Å². The molecule has 0 saturated carbocycles. The Morgan fingerprint density at radius 2 is 2.27 bits per heavy atom. The molecule has 1 aromatic heterocycles. The van der Waals surface area contributed by atoms with E-state index in [-0.39, 0.29) is 5.56 Å². The van der Waals surface area contributed by atoms with Crippen molar-refractivity contribution in [3.05, 3.63) is 33.7 Å². The largest absolute Gasteiger partial charge is 0.320 e. The third-order valence-corrected chi connectivity index (χ3v) is 3.06. The van der Waals surface area contributed by atoms with Gasteiger partial charge in [0.2, 0.25) is 0 Å². The van der Waals surface area contributed by atoms with Crippen molar-refractivity contribution >= 4 is 0 Å². The predicted molar refractivity (Wildman–Crippen MR) is 61.3 cm³/mol. The maximum Gasteiger partial charge on any atom is 0.250 e. The zero-order valence-electron chi connectivity index (χ0n) is 9.25. The van der Waals surface area contributed by atoms with Crippen molar-refractivity contribution in [3.63, 3.8) is 0 Å². The lowest BCUT2D eigenvalue weighted by Crippen LogP contribution is -2.24. The van der Waals surface area contributed by atoms with E-state index < -0.39 is 0 Å². The van der Waals surface area contributed by atoms with E-state index in [2.05, 4.69) is 5.32 Å². The fourth-order valence-corrected chi connectivity index (χ4v) is 2.29. The zero-order chi connectivity index (χ0) is 10.7. The average Bonchev–Trinajstić information content (AvgIpc) is 2.69. The number of hydrogen-bond acceptors (Lipinski definition) is 2. The molecule has 0 aliphatic heterocycles. The van der Waals surface area contributed by atoms with Gasteiger partial charge < -0.3 is 9.88 Å². The van der Waals surface area contributed by atoms with Crippen LogP contribution in [-0.2, 0) is 19.4 Å². The molecule has 1 N–H and O–H groups in total. The Hall–Kier alpha value is -1.09. The molecule has 2 rings (SSSR count). The predicted octanol–water partition coefficient (Wildman–Crippen LogP) is 0.946. The Kier molecular flexibility index (Phi) is 3.21. The van der Waals surface area contributed by atoms with Gasteiger partial charge in [-0.3, -0.25) is 4.79 Å². The highest BCUT2D eigenvalue weighted by Crippen LogP contribution is 2.19. The van der Waals surface area contributed by atoms with Gasteiger partial charge in [0.15, 0.2) is 0 Å². The Balaban J connectivity index is 2.21. The van der Waals surface area contributed by atoms with Crippen LogP contribution in [0.2, 0.25) is 0 Å². The van der Waals surface area contributed by atoms with Crippen LogP contribution in [0.4, 0.5) is 0 Å². The molecule has 0 radical (unpaired) electrons. The van der Waals surface area contributed by atoms with Crippen LogP contribution in [0, 0.1) is 0 Å². The first-order valence-corrected chi connectivity index (χ1v) is 5.69. The SMILES string of the molecule is CNCCCn1c2c(ccc1=O)CCC2. The number of pyridine rings is 1. The topological polar surface area (TPSA) is 34.0 Å². The number of hydrogen-bond donors (Lipinski definition) is 1. The van der Waals surface area contributed by atoms with E-state index >= 15 is 0 Å². The van der Waals surface area contributed by atoms with Gasteiger partial charge in [0.1, 0.15) is 0 Å². The minimum atomic E-state index is 0.159. The normalized spacial score (nSPS) is 14.2. The van der Waals surface area contributed by atoms with Crippen LogP contribution < -0.4 is 10.9 Å². The summed E-state index contributed by atoms with van der Waals surface area (Å²) in [4.78, 5) is 11.7. The molecule has 1 heterocycles. The lowest BCUT2D eigenvalue weighted by atomic mass is 10.2. The highest BCUT2D eigenvalue weighted by atomic mass is 16.1. The third kappa shape index (κ3) is 2.12. The Morgan fingerprint density at radius 1 is 1.40 bits per heavy atom. The molecule has 0 aromatic carbocycles. The van der Waals surface area contributed by atoms with E-state index in [9.17, 15) is 4.79 Å². The quantitative estimate of drug-likeness (QED) is 0.744. The van der Waals surface area contributed by atoms with Gasteiger partial charge in [0.05, 0.1) is 0 Å². The standard InChI is InChI=1S/C12H18N2O/c1-13-8-3-9-14-11-5-2-4-10(11)6-7-12(14)15/h6-7,13H,2-5,8-9H2,1H3. The number of aryl methyl sites for hydroxylation is 1. The van der Waals surface area contributed by atoms with Gasteiger partial charge in [-0.25, -0.2) is 0 Å². The first-order chi connectivity index (χ1) is 7.33. The van der Waals surface area contributed by atoms with E-state index in [1.165, 1.54) is 17.7 Å². The second-order valence-electron chi connectivity index (χ2n) is 4.11. The molecule has 1 aliphatic rings. The van der Waals surface area contributed by atoms with Gasteiger partial charge >= 0.3 is 0 Å². The lowest BCUT2D eigenvalue weighted by molar-refractivity contribution is 0.579. The van der Waals surface area contributed by atoms with Gasteiger partial charge in [-0.1, -0.05) is 6.07 Å². The van der Waals surface area contributed by atoms with Gasteiger partial charge in [-0.2, -0.15) is 0 Å². The molecule has 0 atom stereocenters. The molecule has 0 unspecified atom stereocenters. The molecule has 1 aliphatic carbocycles. The lowest BCUT2D eigenvalue weighted by Gasteiger charge is -2.11. The third-order valence-electron chi connectivity index (χ3n) is 3.06. The van der Waals surface area contributed by atoms with Crippen molar-refractivity contribution in [2.24, 2.45) is 0 Å². The minimum Gasteiger partial charge on any atom is -0.320 e. The molecule has 0 bridgehead atoms. The van der Waals surface area contributed by atoms with Crippen molar-refractivity contribution in [1.82, 2.24) is 9.88 Å². The van der Waals surface area contributed by atoms with Gasteiger partial charge in [0.25, 0.3) is 5.56 Å². The van der Waals surface area contributed by atoms with Crippen molar-refractivity contribution in [2.75, 3.05) is 13.6 Å². The van der Waals surface area contributed by atoms with Crippen LogP contribution >= 0.6 is 0 Å². The van der Waals surface area contributed by atoms with E-state index in [1.807, 2.05) is 17.7 Å². The monoisotopic (exact) mass is 206 g/mol. The molecule has 0 amide bonds. The van der Waals surface area contributed by atoms with Crippen LogP contribution in [-0.4, -0.2) is 18.2 Å². The molecule has 15 heavy (non-hydrogen) atoms. The first kappa shape index (κ1) is 10.4. The average molecular weight is 206 g/mol. The smallest absolute Gasteiger partial charge is 0.250 e. The van der Waals surface area contributed by atoms with Crippen molar-refractivity contribution in [3.8, 4) is 0 Å². The summed E-state index contributed by atoms with van der Waals surface area (Å²) in [6.45, 7) is 1.82. The van der Waals surface area contributed by atoms with Crippen LogP contribution in [0.25, 0.3) is 0 Å². The second-order valence-corrected chi connectivity index (χ2v) is 4.11. The van der Waals surface area contributed by atoms with Crippen molar-refractivity contribution in [2.45, 2.75) is 32.2 Å². The summed E-state index contributed by atoms with van der Waals surface area (Å²) < 4.78 is 1.96. The number of fused-ring (bicyclic) bond motifs is 1. The number of rotatable bonds is 4. The first-order valence-electron chi connectivity index (χ1n) is 5.69. The molecule has 3 nitrogen and oxygen atoms in total. The van der Waals surface area contributed by atoms with Crippen LogP contribution in [0.15, 0.2) is 16.9 Å². The Bertz CT molecular complexity index is 395. The van der Waals surface area contributed by atoms with E-state index in [0.29, 0.717) is 0 Å². The second kappa shape index (κ2) is 4.62. The molecular formula is C12H18N2O. The summed E-state index contributed by atoms with van der Waals surface area (Å²) in [5.41, 5.74) is 2.81. The summed E-state index contributed by atoms with van der Waals surface area (Å²) in [5.74, 6) is 0. The maximum atomic E-state index is 11.7. The number of aromatic nitrogens is 1. The van der Waals surface area contributed by atoms with E-state index in [0.717, 1.165) is 32.4 Å². The van der Waals surface area contributed by atoms with Crippen LogP contribution in [0.3, 0.4) is 0 Å². The highest BCUT2D eigenvalue weighted by molar-refractivity contribution is 5.25. The summed E-state index contributed by atoms with van der Waals surface area (Å²) in [6, 6.07) is 3.71. The molecule has 3 heteroatoms. The number of nitrogens with one attached hydrogen (secondary N) is 1. The highest BCUT2D eigenvalue weighted by Gasteiger charge is 2.14. The Morgan fingerprint density at radius 3 is 3.07 bits per heavy atom. The summed E-state index contributed by atoms with van der Waals surface area (Å²) in [7, 11) is 1.94. The van der Waals surface area contributed by atoms with Gasteiger partial charge in [-0.05, 0) is 44.8 Å². The van der Waals surface area contributed by atoms with Gasteiger partial charge in [0, 0.05) is 18.3 Å². The van der Waals surface area contributed by atoms with Gasteiger partial charge in [-0.15, -0.1) is 0 Å². The summed E-state index contributed by atoms with van der Waals surface area (Å²) >= 11 is 0. The van der Waals surface area contributed by atoms with E-state index in [1.54, 1.807) is 6.07 Å². The summed E-state index contributed by atoms with van der Waals surface area (Å²) in [5, 5.41) is 3.11. The van der Waals surface area contributed by atoms with Crippen LogP contribution in [0.1, 0.15) is 24.1 Å². The zero-order valence-corrected chi connectivity index (χ0v) is 9.25. The molecule has 0 fully saturated rings. The molecular weight excluding hydrogens is 188 g/mol.